The molecule has 0 saturated heterocycles. The van der Waals surface area contributed by atoms with E-state index in [0.29, 0.717) is 6.04 Å². The summed E-state index contributed by atoms with van der Waals surface area (Å²) in [5.74, 6) is 2.68. The zero-order valence-electron chi connectivity index (χ0n) is 8.84. The van der Waals surface area contributed by atoms with Crippen LogP contribution in [0.1, 0.15) is 35.1 Å². The molecule has 0 aliphatic heterocycles. The fourth-order valence-electron chi connectivity index (χ4n) is 1.48. The lowest BCUT2D eigenvalue weighted by molar-refractivity contribution is 0.540. The van der Waals surface area contributed by atoms with Gasteiger partial charge in [-0.15, -0.1) is 23.7 Å². The van der Waals surface area contributed by atoms with Gasteiger partial charge in [0.25, 0.3) is 0 Å². The summed E-state index contributed by atoms with van der Waals surface area (Å²) in [6, 6.07) is 4.85. The standard InChI is InChI=1S/C12H17NS/c1-4-5-6-7-11(13-3)12-9-8-10(2)14-12/h1,8-9,11,13H,5-7H2,2-3H3. The van der Waals surface area contributed by atoms with E-state index in [2.05, 4.69) is 30.3 Å². The summed E-state index contributed by atoms with van der Waals surface area (Å²) in [6.45, 7) is 2.14. The summed E-state index contributed by atoms with van der Waals surface area (Å²) in [5.41, 5.74) is 0. The van der Waals surface area contributed by atoms with Crippen LogP contribution in [0.2, 0.25) is 0 Å². The third-order valence-corrected chi connectivity index (χ3v) is 3.38. The highest BCUT2D eigenvalue weighted by Crippen LogP contribution is 2.25. The lowest BCUT2D eigenvalue weighted by atomic mass is 10.1. The maximum absolute atomic E-state index is 5.23. The predicted octanol–water partition coefficient (Wildman–Crippen LogP) is 3.12. The highest BCUT2D eigenvalue weighted by atomic mass is 32.1. The van der Waals surface area contributed by atoms with Crippen LogP contribution in [0, 0.1) is 19.3 Å². The number of rotatable bonds is 5. The van der Waals surface area contributed by atoms with E-state index in [4.69, 9.17) is 6.42 Å². The van der Waals surface area contributed by atoms with Gasteiger partial charge in [-0.3, -0.25) is 0 Å². The van der Waals surface area contributed by atoms with Crippen molar-refractivity contribution in [2.75, 3.05) is 7.05 Å². The fraction of sp³-hybridized carbons (Fsp3) is 0.500. The molecular formula is C12H17NS. The van der Waals surface area contributed by atoms with Crippen molar-refractivity contribution in [3.8, 4) is 12.3 Å². The molecule has 1 atom stereocenters. The van der Waals surface area contributed by atoms with Crippen LogP contribution in [0.5, 0.6) is 0 Å². The highest BCUT2D eigenvalue weighted by molar-refractivity contribution is 7.12. The number of hydrogen-bond donors (Lipinski definition) is 1. The van der Waals surface area contributed by atoms with E-state index in [0.717, 1.165) is 19.3 Å². The molecule has 1 unspecified atom stereocenters. The zero-order chi connectivity index (χ0) is 10.4. The van der Waals surface area contributed by atoms with Crippen molar-refractivity contribution in [1.82, 2.24) is 5.32 Å². The van der Waals surface area contributed by atoms with Gasteiger partial charge in [0.1, 0.15) is 0 Å². The zero-order valence-corrected chi connectivity index (χ0v) is 9.66. The summed E-state index contributed by atoms with van der Waals surface area (Å²) in [6.07, 6.45) is 8.33. The van der Waals surface area contributed by atoms with Gasteiger partial charge in [-0.1, -0.05) is 0 Å². The van der Waals surface area contributed by atoms with Gasteiger partial charge in [-0.05, 0) is 38.9 Å². The van der Waals surface area contributed by atoms with Crippen LogP contribution >= 0.6 is 11.3 Å². The molecule has 1 aromatic rings. The number of thiophene rings is 1. The van der Waals surface area contributed by atoms with Crippen LogP contribution in [-0.2, 0) is 0 Å². The summed E-state index contributed by atoms with van der Waals surface area (Å²) in [4.78, 5) is 2.79. The molecule has 0 aliphatic carbocycles. The quantitative estimate of drug-likeness (QED) is 0.578. The van der Waals surface area contributed by atoms with E-state index in [-0.39, 0.29) is 0 Å². The maximum atomic E-state index is 5.23. The molecule has 1 aromatic heterocycles. The largest absolute Gasteiger partial charge is 0.312 e. The smallest absolute Gasteiger partial charge is 0.0412 e. The number of nitrogens with one attached hydrogen (secondary N) is 1. The van der Waals surface area contributed by atoms with Gasteiger partial charge in [0.15, 0.2) is 0 Å². The van der Waals surface area contributed by atoms with Crippen molar-refractivity contribution in [2.45, 2.75) is 32.2 Å². The Morgan fingerprint density at radius 1 is 1.57 bits per heavy atom. The molecular weight excluding hydrogens is 190 g/mol. The van der Waals surface area contributed by atoms with E-state index in [1.165, 1.54) is 9.75 Å². The third-order valence-electron chi connectivity index (χ3n) is 2.27. The second-order valence-corrected chi connectivity index (χ2v) is 4.71. The molecule has 1 heterocycles. The van der Waals surface area contributed by atoms with Crippen molar-refractivity contribution in [3.05, 3.63) is 21.9 Å². The van der Waals surface area contributed by atoms with Crippen molar-refractivity contribution < 1.29 is 0 Å². The minimum absolute atomic E-state index is 0.474. The van der Waals surface area contributed by atoms with Crippen molar-refractivity contribution >= 4 is 11.3 Å². The molecule has 0 fully saturated rings. The van der Waals surface area contributed by atoms with E-state index >= 15 is 0 Å². The molecule has 1 nitrogen and oxygen atoms in total. The van der Waals surface area contributed by atoms with Gasteiger partial charge in [0, 0.05) is 22.2 Å². The minimum atomic E-state index is 0.474. The Balaban J connectivity index is 2.50. The van der Waals surface area contributed by atoms with E-state index < -0.39 is 0 Å². The first kappa shape index (κ1) is 11.3. The Hall–Kier alpha value is -0.780. The first-order chi connectivity index (χ1) is 6.77. The van der Waals surface area contributed by atoms with Crippen LogP contribution < -0.4 is 5.32 Å². The predicted molar refractivity (Wildman–Crippen MR) is 63.5 cm³/mol. The SMILES string of the molecule is C#CCCCC(NC)c1ccc(C)s1. The Morgan fingerprint density at radius 2 is 2.36 bits per heavy atom. The number of terminal acetylenes is 1. The summed E-state index contributed by atoms with van der Waals surface area (Å²) < 4.78 is 0. The first-order valence-electron chi connectivity index (χ1n) is 4.95. The van der Waals surface area contributed by atoms with Gasteiger partial charge in [0.2, 0.25) is 0 Å². The number of aryl methyl sites for hydroxylation is 1. The molecule has 14 heavy (non-hydrogen) atoms. The van der Waals surface area contributed by atoms with Gasteiger partial charge < -0.3 is 5.32 Å². The summed E-state index contributed by atoms with van der Waals surface area (Å²) >= 11 is 1.86. The van der Waals surface area contributed by atoms with Gasteiger partial charge in [-0.25, -0.2) is 0 Å². The second kappa shape index (κ2) is 5.85. The van der Waals surface area contributed by atoms with Gasteiger partial charge in [-0.2, -0.15) is 0 Å². The Bertz CT molecular complexity index is 308. The number of hydrogen-bond acceptors (Lipinski definition) is 2. The van der Waals surface area contributed by atoms with Gasteiger partial charge in [0.05, 0.1) is 0 Å². The average Bonchev–Trinajstić information content (AvgIpc) is 2.60. The molecule has 0 saturated carbocycles. The second-order valence-electron chi connectivity index (χ2n) is 3.39. The lowest BCUT2D eigenvalue weighted by Crippen LogP contribution is -2.14. The monoisotopic (exact) mass is 207 g/mol. The molecule has 0 amide bonds. The molecule has 0 spiro atoms. The van der Waals surface area contributed by atoms with Crippen molar-refractivity contribution in [1.29, 1.82) is 0 Å². The molecule has 1 N–H and O–H groups in total. The minimum Gasteiger partial charge on any atom is -0.312 e. The summed E-state index contributed by atoms with van der Waals surface area (Å²) in [5, 5.41) is 3.33. The van der Waals surface area contributed by atoms with Crippen molar-refractivity contribution in [2.24, 2.45) is 0 Å². The topological polar surface area (TPSA) is 12.0 Å². The van der Waals surface area contributed by atoms with E-state index in [9.17, 15) is 0 Å². The van der Waals surface area contributed by atoms with Crippen LogP contribution in [0.15, 0.2) is 12.1 Å². The van der Waals surface area contributed by atoms with E-state index in [1.807, 2.05) is 18.4 Å². The Morgan fingerprint density at radius 3 is 2.86 bits per heavy atom. The molecule has 76 valence electrons. The Kier molecular flexibility index (Phi) is 4.72. The molecule has 2 heteroatoms. The molecule has 0 aliphatic rings. The maximum Gasteiger partial charge on any atom is 0.0412 e. The lowest BCUT2D eigenvalue weighted by Gasteiger charge is -2.13. The fourth-order valence-corrected chi connectivity index (χ4v) is 2.50. The van der Waals surface area contributed by atoms with Crippen LogP contribution in [0.4, 0.5) is 0 Å². The summed E-state index contributed by atoms with van der Waals surface area (Å²) in [7, 11) is 2.01. The normalized spacial score (nSPS) is 12.4. The van der Waals surface area contributed by atoms with E-state index in [1.54, 1.807) is 0 Å². The highest BCUT2D eigenvalue weighted by Gasteiger charge is 2.09. The van der Waals surface area contributed by atoms with Gasteiger partial charge >= 0.3 is 0 Å². The first-order valence-corrected chi connectivity index (χ1v) is 5.76. The van der Waals surface area contributed by atoms with Crippen LogP contribution in [0.25, 0.3) is 0 Å². The van der Waals surface area contributed by atoms with Crippen LogP contribution in [-0.4, -0.2) is 7.05 Å². The molecule has 0 bridgehead atoms. The average molecular weight is 207 g/mol. The molecule has 0 radical (unpaired) electrons. The van der Waals surface area contributed by atoms with Crippen LogP contribution in [0.3, 0.4) is 0 Å². The molecule has 0 aromatic carbocycles. The third kappa shape index (κ3) is 3.17. The molecule has 1 rings (SSSR count). The number of unbranched alkanes of at least 4 members (excludes halogenated alkanes) is 1. The Labute approximate surface area is 90.5 Å². The van der Waals surface area contributed by atoms with Crippen molar-refractivity contribution in [3.63, 3.8) is 0 Å².